The van der Waals surface area contributed by atoms with Gasteiger partial charge in [-0.1, -0.05) is 0 Å². The first-order valence-corrected chi connectivity index (χ1v) is 10.2. The van der Waals surface area contributed by atoms with Gasteiger partial charge in [0.15, 0.2) is 5.13 Å². The number of thiazole rings is 1. The van der Waals surface area contributed by atoms with E-state index in [1.54, 1.807) is 13.8 Å². The highest BCUT2D eigenvalue weighted by Gasteiger charge is 2.32. The minimum Gasteiger partial charge on any atom is -0.344 e. The number of aromatic nitrogens is 1. The van der Waals surface area contributed by atoms with Crippen molar-refractivity contribution in [2.75, 3.05) is 11.9 Å². The van der Waals surface area contributed by atoms with Crippen molar-refractivity contribution >= 4 is 38.3 Å². The second-order valence-corrected chi connectivity index (χ2v) is 9.79. The highest BCUT2D eigenvalue weighted by Crippen LogP contribution is 2.30. The molecule has 2 aliphatic rings. The molecule has 0 spiro atoms. The largest absolute Gasteiger partial charge is 0.344 e. The zero-order chi connectivity index (χ0) is 17.5. The van der Waals surface area contributed by atoms with Gasteiger partial charge in [-0.05, 0) is 20.3 Å². The molecule has 3 heterocycles. The summed E-state index contributed by atoms with van der Waals surface area (Å²) < 4.78 is 26.0. The van der Waals surface area contributed by atoms with Crippen molar-refractivity contribution in [2.24, 2.45) is 0 Å². The summed E-state index contributed by atoms with van der Waals surface area (Å²) in [5.41, 5.74) is 0.834. The number of sulfonamides is 1. The molecular weight excluding hydrogens is 352 g/mol. The lowest BCUT2D eigenvalue weighted by atomic mass is 10.2. The molecule has 1 aromatic rings. The van der Waals surface area contributed by atoms with Crippen LogP contribution < -0.4 is 10.6 Å². The van der Waals surface area contributed by atoms with E-state index in [0.29, 0.717) is 37.5 Å². The number of fused-ring (bicyclic) bond motifs is 1. The van der Waals surface area contributed by atoms with Gasteiger partial charge in [-0.2, -0.15) is 4.31 Å². The summed E-state index contributed by atoms with van der Waals surface area (Å²) in [5, 5.41) is 5.33. The topological polar surface area (TPSA) is 108 Å². The monoisotopic (exact) mass is 372 g/mol. The Kier molecular flexibility index (Phi) is 4.63. The van der Waals surface area contributed by atoms with Gasteiger partial charge in [0.2, 0.25) is 21.8 Å². The molecule has 0 aliphatic carbocycles. The number of nitrogens with one attached hydrogen (secondary N) is 2. The lowest BCUT2D eigenvalue weighted by Crippen LogP contribution is -2.39. The van der Waals surface area contributed by atoms with E-state index >= 15 is 0 Å². The average molecular weight is 372 g/mol. The molecule has 0 bridgehead atoms. The van der Waals surface area contributed by atoms with Crippen molar-refractivity contribution in [3.8, 4) is 0 Å². The van der Waals surface area contributed by atoms with Crippen LogP contribution in [0.5, 0.6) is 0 Å². The van der Waals surface area contributed by atoms with Gasteiger partial charge in [0.1, 0.15) is 6.04 Å². The predicted octanol–water partition coefficient (Wildman–Crippen LogP) is 0.456. The van der Waals surface area contributed by atoms with Gasteiger partial charge in [-0.3, -0.25) is 9.59 Å². The van der Waals surface area contributed by atoms with E-state index in [0.717, 1.165) is 10.6 Å². The third kappa shape index (κ3) is 3.31. The number of rotatable bonds is 4. The van der Waals surface area contributed by atoms with Crippen molar-refractivity contribution in [1.82, 2.24) is 14.6 Å². The van der Waals surface area contributed by atoms with Crippen LogP contribution in [0.15, 0.2) is 0 Å². The van der Waals surface area contributed by atoms with Gasteiger partial charge in [-0.25, -0.2) is 13.4 Å². The van der Waals surface area contributed by atoms with E-state index in [-0.39, 0.29) is 11.8 Å². The van der Waals surface area contributed by atoms with Crippen LogP contribution in [0.25, 0.3) is 0 Å². The Morgan fingerprint density at radius 3 is 2.79 bits per heavy atom. The second kappa shape index (κ2) is 6.41. The number of nitrogens with zero attached hydrogens (tertiary/aromatic N) is 2. The van der Waals surface area contributed by atoms with Crippen LogP contribution in [-0.4, -0.2) is 47.4 Å². The third-order valence-corrected chi connectivity index (χ3v) is 7.41. The van der Waals surface area contributed by atoms with E-state index in [1.807, 2.05) is 0 Å². The molecule has 1 atom stereocenters. The second-order valence-electron chi connectivity index (χ2n) is 6.21. The van der Waals surface area contributed by atoms with Gasteiger partial charge in [0.25, 0.3) is 0 Å². The lowest BCUT2D eigenvalue weighted by Gasteiger charge is -2.26. The molecule has 1 aromatic heterocycles. The fourth-order valence-corrected chi connectivity index (χ4v) is 5.10. The standard InChI is InChI=1S/C14H20N4O4S2/c1-8(2)24(21,22)18-6-5-9-11(7-18)23-14(16-9)17-13(20)10-3-4-12(19)15-10/h8,10H,3-7H2,1-2H3,(H,15,19)(H,16,17,20). The summed E-state index contributed by atoms with van der Waals surface area (Å²) in [4.78, 5) is 28.6. The van der Waals surface area contributed by atoms with Crippen molar-refractivity contribution < 1.29 is 18.0 Å². The number of carbonyl (C=O) groups is 2. The molecule has 3 rings (SSSR count). The summed E-state index contributed by atoms with van der Waals surface area (Å²) in [6.45, 7) is 4.03. The Morgan fingerprint density at radius 1 is 1.42 bits per heavy atom. The lowest BCUT2D eigenvalue weighted by molar-refractivity contribution is -0.122. The van der Waals surface area contributed by atoms with Crippen LogP contribution >= 0.6 is 11.3 Å². The number of anilines is 1. The maximum atomic E-state index is 12.3. The maximum Gasteiger partial charge on any atom is 0.248 e. The molecule has 8 nitrogen and oxygen atoms in total. The average Bonchev–Trinajstić information content (AvgIpc) is 3.11. The Bertz CT molecular complexity index is 772. The Labute approximate surface area is 144 Å². The van der Waals surface area contributed by atoms with Gasteiger partial charge < -0.3 is 10.6 Å². The number of carbonyl (C=O) groups excluding carboxylic acids is 2. The molecule has 2 amide bonds. The summed E-state index contributed by atoms with van der Waals surface area (Å²) >= 11 is 1.29. The van der Waals surface area contributed by atoms with E-state index in [1.165, 1.54) is 15.6 Å². The zero-order valence-corrected chi connectivity index (χ0v) is 15.2. The molecular formula is C14H20N4O4S2. The van der Waals surface area contributed by atoms with Crippen molar-refractivity contribution in [3.63, 3.8) is 0 Å². The quantitative estimate of drug-likeness (QED) is 0.798. The Balaban J connectivity index is 1.69. The molecule has 1 fully saturated rings. The van der Waals surface area contributed by atoms with Crippen molar-refractivity contribution in [3.05, 3.63) is 10.6 Å². The van der Waals surface area contributed by atoms with Crippen LogP contribution in [0.3, 0.4) is 0 Å². The van der Waals surface area contributed by atoms with Crippen LogP contribution in [0, 0.1) is 0 Å². The predicted molar refractivity (Wildman–Crippen MR) is 90.1 cm³/mol. The van der Waals surface area contributed by atoms with Gasteiger partial charge in [-0.15, -0.1) is 11.3 Å². The van der Waals surface area contributed by atoms with Crippen LogP contribution in [0.4, 0.5) is 5.13 Å². The van der Waals surface area contributed by atoms with Crippen LogP contribution in [-0.2, 0) is 32.6 Å². The highest BCUT2D eigenvalue weighted by atomic mass is 32.2. The number of hydrogen-bond donors (Lipinski definition) is 2. The molecule has 0 aromatic carbocycles. The Morgan fingerprint density at radius 2 is 2.17 bits per heavy atom. The first-order valence-electron chi connectivity index (χ1n) is 7.85. The van der Waals surface area contributed by atoms with Gasteiger partial charge in [0.05, 0.1) is 10.9 Å². The normalized spacial score (nSPS) is 21.6. The summed E-state index contributed by atoms with van der Waals surface area (Å²) in [5.74, 6) is -0.401. The fourth-order valence-electron chi connectivity index (χ4n) is 2.74. The molecule has 10 heteroatoms. The summed E-state index contributed by atoms with van der Waals surface area (Å²) in [6, 6.07) is -0.517. The minimum atomic E-state index is -3.30. The van der Waals surface area contributed by atoms with Crippen molar-refractivity contribution in [1.29, 1.82) is 0 Å². The molecule has 2 aliphatic heterocycles. The van der Waals surface area contributed by atoms with Gasteiger partial charge in [0, 0.05) is 30.8 Å². The maximum absolute atomic E-state index is 12.3. The fraction of sp³-hybridized carbons (Fsp3) is 0.643. The Hall–Kier alpha value is -1.52. The van der Waals surface area contributed by atoms with E-state index in [4.69, 9.17) is 0 Å². The zero-order valence-electron chi connectivity index (χ0n) is 13.5. The molecule has 1 unspecified atom stereocenters. The highest BCUT2D eigenvalue weighted by molar-refractivity contribution is 7.89. The van der Waals surface area contributed by atoms with E-state index < -0.39 is 21.3 Å². The molecule has 2 N–H and O–H groups in total. The van der Waals surface area contributed by atoms with E-state index in [9.17, 15) is 18.0 Å². The summed E-state index contributed by atoms with van der Waals surface area (Å²) in [6.07, 6.45) is 1.37. The smallest absolute Gasteiger partial charge is 0.248 e. The SMILES string of the molecule is CC(C)S(=O)(=O)N1CCc2nc(NC(=O)C3CCC(=O)N3)sc2C1. The van der Waals surface area contributed by atoms with Crippen LogP contribution in [0.1, 0.15) is 37.3 Å². The molecule has 24 heavy (non-hydrogen) atoms. The molecule has 0 saturated carbocycles. The first-order chi connectivity index (χ1) is 11.3. The van der Waals surface area contributed by atoms with Crippen molar-refractivity contribution in [2.45, 2.75) is 50.9 Å². The first kappa shape index (κ1) is 17.3. The molecule has 0 radical (unpaired) electrons. The van der Waals surface area contributed by atoms with E-state index in [2.05, 4.69) is 15.6 Å². The number of hydrogen-bond acceptors (Lipinski definition) is 6. The summed E-state index contributed by atoms with van der Waals surface area (Å²) in [7, 11) is -3.30. The third-order valence-electron chi connectivity index (χ3n) is 4.19. The minimum absolute atomic E-state index is 0.122. The molecule has 132 valence electrons. The molecule has 1 saturated heterocycles. The van der Waals surface area contributed by atoms with Gasteiger partial charge >= 0.3 is 0 Å². The van der Waals surface area contributed by atoms with Crippen LogP contribution in [0.2, 0.25) is 0 Å². The number of amides is 2.